The third-order valence-electron chi connectivity index (χ3n) is 7.96. The summed E-state index contributed by atoms with van der Waals surface area (Å²) in [6, 6.07) is 15.8. The average molecular weight is 626 g/mol. The molecule has 0 spiro atoms. The van der Waals surface area contributed by atoms with E-state index >= 15 is 0 Å². The fraction of sp³-hybridized carbons (Fsp3) is 0.303. The van der Waals surface area contributed by atoms with Crippen molar-refractivity contribution < 1.29 is 19.4 Å². The first kappa shape index (κ1) is 30.1. The van der Waals surface area contributed by atoms with E-state index in [0.29, 0.717) is 35.1 Å². The molecule has 6 rings (SSSR count). The van der Waals surface area contributed by atoms with E-state index in [2.05, 4.69) is 37.0 Å². The summed E-state index contributed by atoms with van der Waals surface area (Å²) in [5.41, 5.74) is 3.90. The van der Waals surface area contributed by atoms with Crippen molar-refractivity contribution in [3.8, 4) is 17.6 Å². The highest BCUT2D eigenvalue weighted by Crippen LogP contribution is 2.26. The molecule has 230 valence electrons. The number of halogens is 1. The number of fused-ring (bicyclic) bond motifs is 1. The fourth-order valence-corrected chi connectivity index (χ4v) is 5.75. The number of ether oxygens (including phenoxy) is 2. The Morgan fingerprint density at radius 3 is 2.76 bits per heavy atom. The number of aryl methyl sites for hydroxylation is 1. The second kappa shape index (κ2) is 13.4. The number of nitrogens with zero attached hydrogens (tertiary/aromatic N) is 7. The van der Waals surface area contributed by atoms with Gasteiger partial charge in [0.2, 0.25) is 0 Å². The SMILES string of the molecule is CCn1cncc1Cn1c(CN2CCC(Oc3ccnc(COc4ccc(Cl)cc4C#N)c3)CC2)nc2ccc(C(=O)O)cc21. The quantitative estimate of drug-likeness (QED) is 0.201. The number of benzene rings is 2. The normalized spacial score (nSPS) is 14.0. The molecule has 1 N–H and O–H groups in total. The number of pyridine rings is 1. The number of likely N-dealkylation sites (tertiary alicyclic amines) is 1. The number of carboxylic acids is 1. The number of rotatable bonds is 11. The van der Waals surface area contributed by atoms with Crippen molar-refractivity contribution in [1.82, 2.24) is 29.0 Å². The maximum absolute atomic E-state index is 11.7. The molecule has 11 nitrogen and oxygen atoms in total. The van der Waals surface area contributed by atoms with Crippen LogP contribution in [0.2, 0.25) is 5.02 Å². The van der Waals surface area contributed by atoms with Gasteiger partial charge < -0.3 is 23.7 Å². The zero-order valence-corrected chi connectivity index (χ0v) is 25.5. The van der Waals surface area contributed by atoms with Gasteiger partial charge in [0, 0.05) is 43.1 Å². The summed E-state index contributed by atoms with van der Waals surface area (Å²) >= 11 is 5.99. The van der Waals surface area contributed by atoms with Gasteiger partial charge in [0.1, 0.15) is 36.1 Å². The van der Waals surface area contributed by atoms with E-state index in [1.165, 1.54) is 0 Å². The van der Waals surface area contributed by atoms with Gasteiger partial charge in [0.15, 0.2) is 0 Å². The average Bonchev–Trinajstić information content (AvgIpc) is 3.65. The van der Waals surface area contributed by atoms with Crippen LogP contribution in [-0.4, -0.2) is 59.3 Å². The van der Waals surface area contributed by atoms with Gasteiger partial charge in [-0.05, 0) is 62.2 Å². The minimum absolute atomic E-state index is 0.0507. The van der Waals surface area contributed by atoms with Crippen LogP contribution in [0.5, 0.6) is 11.5 Å². The maximum atomic E-state index is 11.7. The topological polar surface area (TPSA) is 131 Å². The smallest absolute Gasteiger partial charge is 0.335 e. The van der Waals surface area contributed by atoms with Crippen LogP contribution >= 0.6 is 11.6 Å². The molecule has 0 atom stereocenters. The first-order valence-electron chi connectivity index (χ1n) is 14.8. The molecule has 3 aromatic heterocycles. The second-order valence-electron chi connectivity index (χ2n) is 10.9. The molecule has 1 fully saturated rings. The Morgan fingerprint density at radius 1 is 1.13 bits per heavy atom. The first-order chi connectivity index (χ1) is 21.9. The maximum Gasteiger partial charge on any atom is 0.335 e. The zero-order chi connectivity index (χ0) is 31.3. The highest BCUT2D eigenvalue weighted by atomic mass is 35.5. The van der Waals surface area contributed by atoms with E-state index in [4.69, 9.17) is 26.1 Å². The highest BCUT2D eigenvalue weighted by Gasteiger charge is 2.24. The third kappa shape index (κ3) is 6.93. The molecule has 0 radical (unpaired) electrons. The summed E-state index contributed by atoms with van der Waals surface area (Å²) in [7, 11) is 0. The third-order valence-corrected chi connectivity index (χ3v) is 8.20. The van der Waals surface area contributed by atoms with Crippen LogP contribution in [0, 0.1) is 11.3 Å². The van der Waals surface area contributed by atoms with Crippen molar-refractivity contribution in [2.75, 3.05) is 13.1 Å². The van der Waals surface area contributed by atoms with Gasteiger partial charge in [-0.25, -0.2) is 14.8 Å². The Hall–Kier alpha value is -4.92. The Morgan fingerprint density at radius 2 is 1.98 bits per heavy atom. The van der Waals surface area contributed by atoms with E-state index in [0.717, 1.165) is 60.8 Å². The number of nitriles is 1. The van der Waals surface area contributed by atoms with Crippen LogP contribution in [0.1, 0.15) is 52.9 Å². The summed E-state index contributed by atoms with van der Waals surface area (Å²) in [6.45, 7) is 5.90. The monoisotopic (exact) mass is 625 g/mol. The van der Waals surface area contributed by atoms with Gasteiger partial charge in [-0.1, -0.05) is 11.6 Å². The van der Waals surface area contributed by atoms with Crippen molar-refractivity contribution in [1.29, 1.82) is 5.26 Å². The van der Waals surface area contributed by atoms with E-state index in [9.17, 15) is 15.2 Å². The molecule has 2 aromatic carbocycles. The van der Waals surface area contributed by atoms with Gasteiger partial charge >= 0.3 is 5.97 Å². The predicted octanol–water partition coefficient (Wildman–Crippen LogP) is 5.54. The predicted molar refractivity (Wildman–Crippen MR) is 167 cm³/mol. The van der Waals surface area contributed by atoms with Crippen LogP contribution in [0.25, 0.3) is 11.0 Å². The Bertz CT molecular complexity index is 1870. The minimum atomic E-state index is -0.963. The van der Waals surface area contributed by atoms with Crippen LogP contribution in [0.4, 0.5) is 0 Å². The molecule has 0 amide bonds. The molecular weight excluding hydrogens is 594 g/mol. The first-order valence-corrected chi connectivity index (χ1v) is 15.2. The molecule has 0 unspecified atom stereocenters. The van der Waals surface area contributed by atoms with Crippen molar-refractivity contribution in [2.45, 2.75) is 52.1 Å². The molecule has 12 heteroatoms. The Kier molecular flexibility index (Phi) is 8.96. The minimum Gasteiger partial charge on any atom is -0.490 e. The summed E-state index contributed by atoms with van der Waals surface area (Å²) < 4.78 is 16.4. The van der Waals surface area contributed by atoms with E-state index in [1.807, 2.05) is 24.7 Å². The highest BCUT2D eigenvalue weighted by molar-refractivity contribution is 6.30. The summed E-state index contributed by atoms with van der Waals surface area (Å²) in [5.74, 6) is 1.10. The molecular formula is C33H32ClN7O4. The van der Waals surface area contributed by atoms with Gasteiger partial charge in [-0.15, -0.1) is 0 Å². The number of carboxylic acid groups (broad SMARTS) is 1. The number of aromatic carboxylic acids is 1. The van der Waals surface area contributed by atoms with Crippen LogP contribution in [0.15, 0.2) is 67.3 Å². The van der Waals surface area contributed by atoms with Crippen LogP contribution in [-0.2, 0) is 26.2 Å². The molecule has 1 saturated heterocycles. The summed E-state index contributed by atoms with van der Waals surface area (Å²) in [5, 5.41) is 19.4. The van der Waals surface area contributed by atoms with Gasteiger partial charge in [0.05, 0.1) is 53.0 Å². The van der Waals surface area contributed by atoms with Crippen molar-refractivity contribution >= 4 is 28.6 Å². The molecule has 1 aliphatic rings. The van der Waals surface area contributed by atoms with Crippen LogP contribution in [0.3, 0.4) is 0 Å². The Labute approximate surface area is 265 Å². The fourth-order valence-electron chi connectivity index (χ4n) is 5.58. The van der Waals surface area contributed by atoms with Crippen molar-refractivity contribution in [3.63, 3.8) is 0 Å². The summed E-state index contributed by atoms with van der Waals surface area (Å²) in [6.07, 6.45) is 7.09. The van der Waals surface area contributed by atoms with Gasteiger partial charge in [-0.2, -0.15) is 5.26 Å². The number of piperidine rings is 1. The zero-order valence-electron chi connectivity index (χ0n) is 24.8. The van der Waals surface area contributed by atoms with Gasteiger partial charge in [0.25, 0.3) is 0 Å². The lowest BCUT2D eigenvalue weighted by atomic mass is 10.1. The lowest BCUT2D eigenvalue weighted by Crippen LogP contribution is -2.38. The molecule has 0 aliphatic carbocycles. The van der Waals surface area contributed by atoms with Gasteiger partial charge in [-0.3, -0.25) is 9.88 Å². The number of hydrogen-bond donors (Lipinski definition) is 1. The lowest BCUT2D eigenvalue weighted by molar-refractivity contribution is 0.0697. The molecule has 0 saturated carbocycles. The van der Waals surface area contributed by atoms with E-state index in [1.54, 1.807) is 42.6 Å². The van der Waals surface area contributed by atoms with E-state index in [-0.39, 0.29) is 18.3 Å². The number of hydrogen-bond acceptors (Lipinski definition) is 8. The number of carbonyl (C=O) groups is 1. The molecule has 1 aliphatic heterocycles. The lowest BCUT2D eigenvalue weighted by Gasteiger charge is -2.32. The number of aromatic nitrogens is 5. The summed E-state index contributed by atoms with van der Waals surface area (Å²) in [4.78, 5) is 27.7. The molecule has 45 heavy (non-hydrogen) atoms. The van der Waals surface area contributed by atoms with Crippen molar-refractivity contribution in [3.05, 3.63) is 101 Å². The second-order valence-corrected chi connectivity index (χ2v) is 11.3. The van der Waals surface area contributed by atoms with Crippen LogP contribution < -0.4 is 9.47 Å². The Balaban J connectivity index is 1.10. The molecule has 5 aromatic rings. The molecule has 4 heterocycles. The van der Waals surface area contributed by atoms with E-state index < -0.39 is 5.97 Å². The van der Waals surface area contributed by atoms with Crippen molar-refractivity contribution in [2.24, 2.45) is 0 Å². The standard InChI is InChI=1S/C33H32ClN7O4/c1-2-40-21-36-17-26(40)18-41-30-14-22(33(42)43)3-5-29(30)38-32(41)19-39-11-8-27(9-12-39)45-28-7-10-37-25(15-28)20-44-31-6-4-24(34)13-23(31)16-35/h3-7,10,13-15,17,21,27H,2,8-9,11-12,18-20H2,1H3,(H,42,43). The molecule has 0 bridgehead atoms. The number of imidazole rings is 2. The largest absolute Gasteiger partial charge is 0.490 e.